The molecule has 0 N–H and O–H groups in total. The van der Waals surface area contributed by atoms with Crippen LogP contribution >= 0.6 is 0 Å². The van der Waals surface area contributed by atoms with Crippen molar-refractivity contribution in [1.82, 2.24) is 0 Å². The first-order valence-corrected chi connectivity index (χ1v) is 7.38. The van der Waals surface area contributed by atoms with E-state index in [0.29, 0.717) is 0 Å². The molecular weight excluding hydrogens is 228 g/mol. The molecule has 100 valence electrons. The van der Waals surface area contributed by atoms with E-state index in [1.54, 1.807) is 5.56 Å². The Hall–Kier alpha value is -1.56. The number of hydrogen-bond donors (Lipinski definition) is 0. The van der Waals surface area contributed by atoms with Gasteiger partial charge < -0.3 is 0 Å². The van der Waals surface area contributed by atoms with Crippen LogP contribution in [0.25, 0.3) is 16.3 Å². The van der Waals surface area contributed by atoms with Gasteiger partial charge in [0.15, 0.2) is 0 Å². The largest absolute Gasteiger partial charge is 0.0955 e. The van der Waals surface area contributed by atoms with E-state index in [1.807, 2.05) is 0 Å². The van der Waals surface area contributed by atoms with E-state index < -0.39 is 0 Å². The lowest BCUT2D eigenvalue weighted by molar-refractivity contribution is 0.865. The summed E-state index contributed by atoms with van der Waals surface area (Å²) in [5.41, 5.74) is 5.62. The van der Waals surface area contributed by atoms with Gasteiger partial charge in [-0.1, -0.05) is 63.1 Å². The van der Waals surface area contributed by atoms with Gasteiger partial charge in [0.25, 0.3) is 0 Å². The molecule has 2 aromatic carbocycles. The molecule has 19 heavy (non-hydrogen) atoms. The topological polar surface area (TPSA) is 0 Å². The maximum absolute atomic E-state index is 4.18. The Balaban J connectivity index is 2.78. The minimum absolute atomic E-state index is 1.16. The molecule has 0 atom stereocenters. The fourth-order valence-electron chi connectivity index (χ4n) is 2.92. The van der Waals surface area contributed by atoms with Crippen molar-refractivity contribution < 1.29 is 0 Å². The van der Waals surface area contributed by atoms with Gasteiger partial charge in [-0.3, -0.25) is 0 Å². The standard InChI is InChI=1S/C19H24/c1-5-9-17-16-12-8-7-11-15(16)13-19(14(3)4)18(17)10-6-2/h7-8,11-13H,3,5-6,9-10H2,1-2,4H3. The molecule has 0 nitrogen and oxygen atoms in total. The monoisotopic (exact) mass is 252 g/mol. The smallest absolute Gasteiger partial charge is 0.0149 e. The first kappa shape index (κ1) is 13.9. The number of benzene rings is 2. The SMILES string of the molecule is C=C(C)c1cc2ccccc2c(CCC)c1CCC. The van der Waals surface area contributed by atoms with Gasteiger partial charge in [0.2, 0.25) is 0 Å². The molecule has 0 spiro atoms. The third-order valence-electron chi connectivity index (χ3n) is 3.73. The Kier molecular flexibility index (Phi) is 4.42. The van der Waals surface area contributed by atoms with E-state index in [9.17, 15) is 0 Å². The molecule has 0 aliphatic carbocycles. The summed E-state index contributed by atoms with van der Waals surface area (Å²) in [4.78, 5) is 0. The lowest BCUT2D eigenvalue weighted by atomic mass is 9.87. The summed E-state index contributed by atoms with van der Waals surface area (Å²) >= 11 is 0. The average molecular weight is 252 g/mol. The van der Waals surface area contributed by atoms with Crippen LogP contribution < -0.4 is 0 Å². The molecule has 0 aliphatic rings. The van der Waals surface area contributed by atoms with E-state index in [4.69, 9.17) is 0 Å². The quantitative estimate of drug-likeness (QED) is 0.633. The molecule has 2 aromatic rings. The fraction of sp³-hybridized carbons (Fsp3) is 0.368. The zero-order chi connectivity index (χ0) is 13.8. The second-order valence-electron chi connectivity index (χ2n) is 5.38. The van der Waals surface area contributed by atoms with Gasteiger partial charge >= 0.3 is 0 Å². The molecule has 2 rings (SSSR count). The summed E-state index contributed by atoms with van der Waals surface area (Å²) in [5, 5.41) is 2.78. The first-order valence-electron chi connectivity index (χ1n) is 7.38. The van der Waals surface area contributed by atoms with E-state index in [-0.39, 0.29) is 0 Å². The zero-order valence-electron chi connectivity index (χ0n) is 12.4. The van der Waals surface area contributed by atoms with Crippen molar-refractivity contribution in [3.63, 3.8) is 0 Å². The molecule has 0 aliphatic heterocycles. The molecule has 0 radical (unpaired) electrons. The number of rotatable bonds is 5. The second kappa shape index (κ2) is 6.06. The van der Waals surface area contributed by atoms with E-state index in [1.165, 1.54) is 40.3 Å². The molecule has 0 amide bonds. The van der Waals surface area contributed by atoms with Gasteiger partial charge in [0.1, 0.15) is 0 Å². The summed E-state index contributed by atoms with van der Waals surface area (Å²) in [7, 11) is 0. The van der Waals surface area contributed by atoms with Gasteiger partial charge in [0.05, 0.1) is 0 Å². The minimum atomic E-state index is 1.16. The van der Waals surface area contributed by atoms with Crippen LogP contribution in [0.3, 0.4) is 0 Å². The normalized spacial score (nSPS) is 10.9. The van der Waals surface area contributed by atoms with Gasteiger partial charge in [-0.25, -0.2) is 0 Å². The Labute approximate surface area is 117 Å². The molecule has 0 heteroatoms. The summed E-state index contributed by atoms with van der Waals surface area (Å²) in [5.74, 6) is 0. The Morgan fingerprint density at radius 2 is 1.63 bits per heavy atom. The Morgan fingerprint density at radius 3 is 2.26 bits per heavy atom. The lowest BCUT2D eigenvalue weighted by Gasteiger charge is -2.17. The average Bonchev–Trinajstić information content (AvgIpc) is 2.41. The van der Waals surface area contributed by atoms with Crippen LogP contribution in [0.1, 0.15) is 50.3 Å². The third-order valence-corrected chi connectivity index (χ3v) is 3.73. The number of aryl methyl sites for hydroxylation is 1. The molecule has 0 fully saturated rings. The van der Waals surface area contributed by atoms with Crippen molar-refractivity contribution in [2.45, 2.75) is 46.5 Å². The van der Waals surface area contributed by atoms with Crippen LogP contribution in [0.15, 0.2) is 36.9 Å². The zero-order valence-corrected chi connectivity index (χ0v) is 12.4. The molecule has 0 bridgehead atoms. The number of allylic oxidation sites excluding steroid dienone is 1. The highest BCUT2D eigenvalue weighted by Gasteiger charge is 2.12. The molecular formula is C19H24. The van der Waals surface area contributed by atoms with Gasteiger partial charge in [0, 0.05) is 0 Å². The van der Waals surface area contributed by atoms with Crippen molar-refractivity contribution in [3.05, 3.63) is 53.6 Å². The molecule has 0 aromatic heterocycles. The fourth-order valence-corrected chi connectivity index (χ4v) is 2.92. The molecule has 0 saturated heterocycles. The predicted octanol–water partition coefficient (Wildman–Crippen LogP) is 5.78. The summed E-state index contributed by atoms with van der Waals surface area (Å²) in [6.45, 7) is 10.8. The minimum Gasteiger partial charge on any atom is -0.0955 e. The maximum Gasteiger partial charge on any atom is -0.0149 e. The van der Waals surface area contributed by atoms with Gasteiger partial charge in [-0.2, -0.15) is 0 Å². The Bertz CT molecular complexity index is 590. The van der Waals surface area contributed by atoms with E-state index in [2.05, 4.69) is 57.7 Å². The van der Waals surface area contributed by atoms with Crippen molar-refractivity contribution in [3.8, 4) is 0 Å². The number of fused-ring (bicyclic) bond motifs is 1. The molecule has 0 unspecified atom stereocenters. The van der Waals surface area contributed by atoms with Crippen LogP contribution in [0.2, 0.25) is 0 Å². The van der Waals surface area contributed by atoms with E-state index >= 15 is 0 Å². The van der Waals surface area contributed by atoms with Crippen molar-refractivity contribution in [1.29, 1.82) is 0 Å². The van der Waals surface area contributed by atoms with Crippen molar-refractivity contribution >= 4 is 16.3 Å². The second-order valence-corrected chi connectivity index (χ2v) is 5.38. The van der Waals surface area contributed by atoms with Crippen LogP contribution in [0.4, 0.5) is 0 Å². The molecule has 0 saturated carbocycles. The van der Waals surface area contributed by atoms with E-state index in [0.717, 1.165) is 12.8 Å². The maximum atomic E-state index is 4.18. The summed E-state index contributed by atoms with van der Waals surface area (Å²) in [6, 6.07) is 11.1. The molecule has 0 heterocycles. The van der Waals surface area contributed by atoms with Crippen LogP contribution in [0, 0.1) is 0 Å². The van der Waals surface area contributed by atoms with Gasteiger partial charge in [-0.05, 0) is 53.3 Å². The summed E-state index contributed by atoms with van der Waals surface area (Å²) < 4.78 is 0. The van der Waals surface area contributed by atoms with Crippen LogP contribution in [-0.2, 0) is 12.8 Å². The lowest BCUT2D eigenvalue weighted by Crippen LogP contribution is -2.00. The highest BCUT2D eigenvalue weighted by molar-refractivity contribution is 5.90. The highest BCUT2D eigenvalue weighted by atomic mass is 14.2. The van der Waals surface area contributed by atoms with Crippen molar-refractivity contribution in [2.75, 3.05) is 0 Å². The van der Waals surface area contributed by atoms with Crippen molar-refractivity contribution in [2.24, 2.45) is 0 Å². The summed E-state index contributed by atoms with van der Waals surface area (Å²) in [6.07, 6.45) is 4.70. The predicted molar refractivity (Wildman–Crippen MR) is 86.6 cm³/mol. The first-order chi connectivity index (χ1) is 9.19. The van der Waals surface area contributed by atoms with Crippen LogP contribution in [0.5, 0.6) is 0 Å². The van der Waals surface area contributed by atoms with Crippen LogP contribution in [-0.4, -0.2) is 0 Å². The highest BCUT2D eigenvalue weighted by Crippen LogP contribution is 2.31. The van der Waals surface area contributed by atoms with Gasteiger partial charge in [-0.15, -0.1) is 0 Å². The third kappa shape index (κ3) is 2.73. The Morgan fingerprint density at radius 1 is 1.00 bits per heavy atom. The number of hydrogen-bond acceptors (Lipinski definition) is 0.